The molecule has 1 fully saturated rings. The van der Waals surface area contributed by atoms with Gasteiger partial charge in [0.25, 0.3) is 0 Å². The first-order valence-electron chi connectivity index (χ1n) is 11.1. The fourth-order valence-corrected chi connectivity index (χ4v) is 4.94. The maximum atomic E-state index is 11.8. The highest BCUT2D eigenvalue weighted by atomic mass is 32.2. The molecule has 33 heavy (non-hydrogen) atoms. The molecule has 0 unspecified atom stereocenters. The van der Waals surface area contributed by atoms with Crippen molar-refractivity contribution in [3.8, 4) is 0 Å². The van der Waals surface area contributed by atoms with Gasteiger partial charge in [-0.05, 0) is 55.9 Å². The fraction of sp³-hybridized carbons (Fsp3) is 0.333. The second-order valence-electron chi connectivity index (χ2n) is 8.68. The molecule has 8 nitrogen and oxygen atoms in total. The van der Waals surface area contributed by atoms with Crippen LogP contribution in [0.25, 0.3) is 0 Å². The van der Waals surface area contributed by atoms with Gasteiger partial charge in [-0.15, -0.1) is 0 Å². The first-order chi connectivity index (χ1) is 15.9. The summed E-state index contributed by atoms with van der Waals surface area (Å²) in [6.07, 6.45) is 3.94. The molecule has 5 rings (SSSR count). The number of anilines is 5. The summed E-state index contributed by atoms with van der Waals surface area (Å²) in [5.41, 5.74) is 4.15. The molecule has 0 amide bonds. The number of nitrogens with zero attached hydrogens (tertiary/aromatic N) is 5. The van der Waals surface area contributed by atoms with Crippen molar-refractivity contribution in [2.75, 3.05) is 61.1 Å². The Bertz CT molecular complexity index is 1250. The monoisotopic (exact) mass is 464 g/mol. The molecule has 0 saturated carbocycles. The third-order valence-corrected chi connectivity index (χ3v) is 7.38. The number of fused-ring (bicyclic) bond motifs is 1. The quantitative estimate of drug-likeness (QED) is 0.617. The molecule has 9 heteroatoms. The Morgan fingerprint density at radius 3 is 2.42 bits per heavy atom. The Labute approximate surface area is 194 Å². The average molecular weight is 465 g/mol. The summed E-state index contributed by atoms with van der Waals surface area (Å²) in [6, 6.07) is 15.3. The number of hydrogen-bond donors (Lipinski definition) is 1. The van der Waals surface area contributed by atoms with Gasteiger partial charge < -0.3 is 20.0 Å². The lowest BCUT2D eigenvalue weighted by atomic mass is 10.2. The van der Waals surface area contributed by atoms with Gasteiger partial charge in [-0.2, -0.15) is 4.98 Å². The van der Waals surface area contributed by atoms with Gasteiger partial charge >= 0.3 is 0 Å². The van der Waals surface area contributed by atoms with Crippen LogP contribution in [0.15, 0.2) is 59.6 Å². The normalized spacial score (nSPS) is 16.7. The van der Waals surface area contributed by atoms with Crippen LogP contribution >= 0.6 is 0 Å². The molecule has 0 bridgehead atoms. The first kappa shape index (κ1) is 21.7. The maximum Gasteiger partial charge on any atom is 0.229 e. The number of aromatic nitrogens is 2. The molecular weight excluding hydrogens is 436 g/mol. The van der Waals surface area contributed by atoms with E-state index in [0.29, 0.717) is 10.8 Å². The maximum absolute atomic E-state index is 11.8. The number of rotatable bonds is 5. The van der Waals surface area contributed by atoms with E-state index >= 15 is 0 Å². The van der Waals surface area contributed by atoms with Gasteiger partial charge in [-0.3, -0.25) is 0 Å². The van der Waals surface area contributed by atoms with Crippen molar-refractivity contribution in [1.29, 1.82) is 0 Å². The van der Waals surface area contributed by atoms with Crippen LogP contribution < -0.4 is 15.1 Å². The van der Waals surface area contributed by atoms with Gasteiger partial charge in [0.2, 0.25) is 5.95 Å². The van der Waals surface area contributed by atoms with E-state index < -0.39 is 9.84 Å². The van der Waals surface area contributed by atoms with Gasteiger partial charge in [-0.25, -0.2) is 13.4 Å². The molecule has 2 aliphatic rings. The van der Waals surface area contributed by atoms with Crippen molar-refractivity contribution in [3.05, 3.63) is 60.3 Å². The number of benzene rings is 2. The summed E-state index contributed by atoms with van der Waals surface area (Å²) in [7, 11) is -1.06. The largest absolute Gasteiger partial charge is 0.369 e. The summed E-state index contributed by atoms with van der Waals surface area (Å²) in [5.74, 6) is 1.40. The molecule has 1 saturated heterocycles. The highest BCUT2D eigenvalue weighted by molar-refractivity contribution is 7.90. The van der Waals surface area contributed by atoms with Crippen LogP contribution in [0.1, 0.15) is 5.56 Å². The van der Waals surface area contributed by atoms with Gasteiger partial charge in [-0.1, -0.05) is 6.07 Å². The zero-order valence-electron chi connectivity index (χ0n) is 18.9. The third kappa shape index (κ3) is 4.65. The summed E-state index contributed by atoms with van der Waals surface area (Å²) >= 11 is 0. The molecule has 0 aliphatic carbocycles. The van der Waals surface area contributed by atoms with Crippen molar-refractivity contribution >= 4 is 38.7 Å². The smallest absolute Gasteiger partial charge is 0.229 e. The summed E-state index contributed by atoms with van der Waals surface area (Å²) < 4.78 is 23.5. The minimum Gasteiger partial charge on any atom is -0.369 e. The highest BCUT2D eigenvalue weighted by Gasteiger charge is 2.24. The first-order valence-corrected chi connectivity index (χ1v) is 13.0. The number of sulfone groups is 1. The SMILES string of the molecule is CN1CCN(c2cccc(Nc3ncc4c(n3)N(c3ccc(S(C)(=O)=O)cc3)CC4)c2)CC1. The van der Waals surface area contributed by atoms with Crippen LogP contribution in [0.4, 0.5) is 28.8 Å². The molecule has 172 valence electrons. The standard InChI is InChI=1S/C24H28N6O2S/c1-28-12-14-29(15-13-28)21-5-3-4-19(16-21)26-24-25-17-18-10-11-30(23(18)27-24)20-6-8-22(9-7-20)33(2,31)32/h3-9,16-17H,10-15H2,1-2H3,(H,25,26,27). The molecule has 2 aliphatic heterocycles. The van der Waals surface area contributed by atoms with E-state index in [0.717, 1.165) is 61.9 Å². The van der Waals surface area contributed by atoms with E-state index in [1.807, 2.05) is 24.4 Å². The second kappa shape index (κ2) is 8.64. The van der Waals surface area contributed by atoms with Crippen LogP contribution in [0, 0.1) is 0 Å². The van der Waals surface area contributed by atoms with Crippen molar-refractivity contribution in [3.63, 3.8) is 0 Å². The van der Waals surface area contributed by atoms with E-state index in [4.69, 9.17) is 4.98 Å². The zero-order chi connectivity index (χ0) is 23.0. The minimum absolute atomic E-state index is 0.316. The molecule has 1 aromatic heterocycles. The Morgan fingerprint density at radius 1 is 0.939 bits per heavy atom. The van der Waals surface area contributed by atoms with Crippen LogP contribution in [0.5, 0.6) is 0 Å². The Morgan fingerprint density at radius 2 is 1.70 bits per heavy atom. The summed E-state index contributed by atoms with van der Waals surface area (Å²) in [4.78, 5) is 16.5. The van der Waals surface area contributed by atoms with Crippen molar-refractivity contribution in [2.24, 2.45) is 0 Å². The predicted octanol–water partition coefficient (Wildman–Crippen LogP) is 3.07. The number of piperazine rings is 1. The lowest BCUT2D eigenvalue weighted by Crippen LogP contribution is -2.44. The van der Waals surface area contributed by atoms with Gasteiger partial charge in [0, 0.05) is 67.8 Å². The molecule has 0 radical (unpaired) electrons. The van der Waals surface area contributed by atoms with Crippen LogP contribution in [0.2, 0.25) is 0 Å². The lowest BCUT2D eigenvalue weighted by Gasteiger charge is -2.34. The third-order valence-electron chi connectivity index (χ3n) is 6.25. The summed E-state index contributed by atoms with van der Waals surface area (Å²) in [6.45, 7) is 4.94. The number of hydrogen-bond acceptors (Lipinski definition) is 8. The number of likely N-dealkylation sites (N-methyl/N-ethyl adjacent to an activating group) is 1. The van der Waals surface area contributed by atoms with Gasteiger partial charge in [0.1, 0.15) is 5.82 Å². The summed E-state index contributed by atoms with van der Waals surface area (Å²) in [5, 5.41) is 3.36. The van der Waals surface area contributed by atoms with E-state index in [1.54, 1.807) is 12.1 Å². The Kier molecular flexibility index (Phi) is 5.67. The van der Waals surface area contributed by atoms with E-state index in [-0.39, 0.29) is 0 Å². The average Bonchev–Trinajstić information content (AvgIpc) is 3.22. The highest BCUT2D eigenvalue weighted by Crippen LogP contribution is 2.34. The van der Waals surface area contributed by atoms with Crippen molar-refractivity contribution in [2.45, 2.75) is 11.3 Å². The Balaban J connectivity index is 1.35. The van der Waals surface area contributed by atoms with Crippen LogP contribution in [-0.4, -0.2) is 69.3 Å². The molecule has 3 aromatic rings. The fourth-order valence-electron chi connectivity index (χ4n) is 4.30. The Hall–Kier alpha value is -3.17. The predicted molar refractivity (Wildman–Crippen MR) is 132 cm³/mol. The molecule has 3 heterocycles. The topological polar surface area (TPSA) is 81.7 Å². The van der Waals surface area contributed by atoms with Crippen LogP contribution in [-0.2, 0) is 16.3 Å². The van der Waals surface area contributed by atoms with E-state index in [2.05, 4.69) is 50.2 Å². The lowest BCUT2D eigenvalue weighted by molar-refractivity contribution is 0.313. The number of nitrogens with one attached hydrogen (secondary N) is 1. The zero-order valence-corrected chi connectivity index (χ0v) is 19.7. The molecule has 1 N–H and O–H groups in total. The minimum atomic E-state index is -3.22. The van der Waals surface area contributed by atoms with Crippen molar-refractivity contribution < 1.29 is 8.42 Å². The van der Waals surface area contributed by atoms with Gasteiger partial charge in [0.05, 0.1) is 4.90 Å². The van der Waals surface area contributed by atoms with Crippen LogP contribution in [0.3, 0.4) is 0 Å². The van der Waals surface area contributed by atoms with E-state index in [9.17, 15) is 8.42 Å². The van der Waals surface area contributed by atoms with E-state index in [1.165, 1.54) is 11.9 Å². The molecule has 2 aromatic carbocycles. The molecule has 0 spiro atoms. The van der Waals surface area contributed by atoms with Gasteiger partial charge in [0.15, 0.2) is 9.84 Å². The second-order valence-corrected chi connectivity index (χ2v) is 10.7. The molecule has 0 atom stereocenters. The van der Waals surface area contributed by atoms with Crippen molar-refractivity contribution in [1.82, 2.24) is 14.9 Å². The molecular formula is C24H28N6O2S.